The van der Waals surface area contributed by atoms with Crippen LogP contribution in [0.3, 0.4) is 0 Å². The number of hydrogen-bond acceptors (Lipinski definition) is 6. The van der Waals surface area contributed by atoms with Crippen molar-refractivity contribution in [3.63, 3.8) is 0 Å². The normalized spacial score (nSPS) is 11.6. The Morgan fingerprint density at radius 3 is 1.10 bits per heavy atom. The van der Waals surface area contributed by atoms with Gasteiger partial charge in [-0.2, -0.15) is 0 Å². The van der Waals surface area contributed by atoms with E-state index < -0.39 is 0 Å². The molecule has 0 aliphatic heterocycles. The monoisotopic (exact) mass is 870 g/mol. The molecule has 0 amide bonds. The largest absolute Gasteiger partial charge is 0.139 e. The summed E-state index contributed by atoms with van der Waals surface area (Å²) >= 11 is 11.8. The molecule has 2 aromatic carbocycles. The van der Waals surface area contributed by atoms with Crippen molar-refractivity contribution in [2.45, 2.75) is 105 Å². The van der Waals surface area contributed by atoms with E-state index in [1.54, 1.807) is 0 Å². The minimum atomic E-state index is 1.05. The lowest BCUT2D eigenvalue weighted by Gasteiger charge is -2.04. The van der Waals surface area contributed by atoms with Crippen LogP contribution in [0.25, 0.3) is 71.0 Å². The van der Waals surface area contributed by atoms with Gasteiger partial charge in [0.15, 0.2) is 0 Å². The van der Waals surface area contributed by atoms with Crippen LogP contribution in [0, 0.1) is 0 Å². The minimum absolute atomic E-state index is 1.05. The summed E-state index contributed by atoms with van der Waals surface area (Å²) in [4.78, 5) is 16.7. The second-order valence-corrected chi connectivity index (χ2v) is 21.9. The van der Waals surface area contributed by atoms with Crippen LogP contribution < -0.4 is 0 Å². The van der Waals surface area contributed by atoms with Gasteiger partial charge in [-0.3, -0.25) is 0 Å². The summed E-state index contributed by atoms with van der Waals surface area (Å²) in [6, 6.07) is 42.4. The molecule has 0 N–H and O–H groups in total. The van der Waals surface area contributed by atoms with E-state index in [1.165, 1.54) is 156 Å². The number of benzene rings is 2. The van der Waals surface area contributed by atoms with Crippen LogP contribution in [0.5, 0.6) is 0 Å². The molecular weight excluding hydrogens is 817 g/mol. The first kappa shape index (κ1) is 41.4. The molecule has 0 saturated heterocycles. The Bertz CT molecular complexity index is 2330. The number of aryl methyl sites for hydroxylation is 4. The maximum absolute atomic E-state index is 2.48. The molecule has 0 saturated carbocycles. The summed E-state index contributed by atoms with van der Waals surface area (Å²) in [6.45, 7) is 9.06. The fourth-order valence-electron chi connectivity index (χ4n) is 7.59. The number of hydrogen-bond donors (Lipinski definition) is 0. The first-order chi connectivity index (χ1) is 28.5. The third kappa shape index (κ3) is 9.65. The Kier molecular flexibility index (Phi) is 14.1. The lowest BCUT2D eigenvalue weighted by atomic mass is 10.0. The van der Waals surface area contributed by atoms with E-state index in [2.05, 4.69) is 137 Å². The summed E-state index contributed by atoms with van der Waals surface area (Å²) < 4.78 is 0. The van der Waals surface area contributed by atoms with E-state index in [0.29, 0.717) is 0 Å². The minimum Gasteiger partial charge on any atom is -0.139 e. The highest BCUT2D eigenvalue weighted by Crippen LogP contribution is 2.52. The van der Waals surface area contributed by atoms with E-state index in [0.717, 1.165) is 12.8 Å². The highest BCUT2D eigenvalue weighted by atomic mass is 32.1. The van der Waals surface area contributed by atoms with Crippen molar-refractivity contribution in [2.75, 3.05) is 0 Å². The molecule has 0 atom stereocenters. The van der Waals surface area contributed by atoms with Gasteiger partial charge in [0.25, 0.3) is 0 Å². The zero-order valence-corrected chi connectivity index (χ0v) is 39.2. The summed E-state index contributed by atoms with van der Waals surface area (Å²) in [5, 5.41) is 0. The van der Waals surface area contributed by atoms with Gasteiger partial charge in [0.2, 0.25) is 0 Å². The molecule has 8 aromatic rings. The first-order valence-electron chi connectivity index (χ1n) is 21.4. The van der Waals surface area contributed by atoms with Gasteiger partial charge in [-0.05, 0) is 121 Å². The molecule has 0 spiro atoms. The van der Waals surface area contributed by atoms with Crippen molar-refractivity contribution in [3.8, 4) is 71.0 Å². The zero-order chi connectivity index (χ0) is 39.8. The third-order valence-corrected chi connectivity index (χ3v) is 18.8. The van der Waals surface area contributed by atoms with E-state index in [-0.39, 0.29) is 0 Å². The van der Waals surface area contributed by atoms with Crippen LogP contribution in [0.4, 0.5) is 0 Å². The topological polar surface area (TPSA) is 0 Å². The van der Waals surface area contributed by atoms with Gasteiger partial charge in [0, 0.05) is 59.9 Å². The fourth-order valence-corrected chi connectivity index (χ4v) is 14.6. The van der Waals surface area contributed by atoms with Gasteiger partial charge in [-0.25, -0.2) is 0 Å². The molecule has 0 radical (unpaired) electrons. The molecule has 0 bridgehead atoms. The molecule has 6 heteroatoms. The maximum atomic E-state index is 2.48. The van der Waals surface area contributed by atoms with Gasteiger partial charge in [-0.1, -0.05) is 115 Å². The number of unbranched alkanes of at least 4 members (excludes halogenated alkanes) is 6. The molecule has 6 aromatic heterocycles. The van der Waals surface area contributed by atoms with Crippen molar-refractivity contribution < 1.29 is 0 Å². The third-order valence-electron chi connectivity index (χ3n) is 11.1. The van der Waals surface area contributed by atoms with Crippen LogP contribution >= 0.6 is 68.0 Å². The Morgan fingerprint density at radius 1 is 0.328 bits per heavy atom. The quantitative estimate of drug-likeness (QED) is 0.0710. The maximum Gasteiger partial charge on any atom is 0.0528 e. The molecule has 0 unspecified atom stereocenters. The molecule has 8 rings (SSSR count). The summed E-state index contributed by atoms with van der Waals surface area (Å²) in [7, 11) is 0. The van der Waals surface area contributed by atoms with E-state index in [4.69, 9.17) is 0 Å². The zero-order valence-electron chi connectivity index (χ0n) is 34.3. The van der Waals surface area contributed by atoms with Crippen molar-refractivity contribution in [3.05, 3.63) is 130 Å². The van der Waals surface area contributed by atoms with Crippen molar-refractivity contribution in [1.29, 1.82) is 0 Å². The second-order valence-electron chi connectivity index (χ2n) is 15.3. The summed E-state index contributed by atoms with van der Waals surface area (Å²) in [5.41, 5.74) is 8.03. The Morgan fingerprint density at radius 2 is 0.707 bits per heavy atom. The number of rotatable bonds is 19. The molecule has 0 fully saturated rings. The highest BCUT2D eigenvalue weighted by Gasteiger charge is 2.22. The van der Waals surface area contributed by atoms with Crippen molar-refractivity contribution in [2.24, 2.45) is 0 Å². The van der Waals surface area contributed by atoms with Gasteiger partial charge in [0.1, 0.15) is 0 Å². The average molecular weight is 871 g/mol. The molecule has 0 nitrogen and oxygen atoms in total. The standard InChI is InChI=1S/C52H54S6/c1-5-9-11-13-15-39-25-27-43(53-39)45-29-31-47(55-45)51-41(37-21-17-35(7-3)18-22-37)33-49(57-51)50-34-42(38-23-19-36(8-4)20-24-38)52(58-50)48-32-30-46(56-48)44-28-26-40(54-44)16-14-12-10-6-2/h17-34H,5-16H2,1-4H3. The molecule has 0 aliphatic rings. The highest BCUT2D eigenvalue weighted by molar-refractivity contribution is 7.31. The lowest BCUT2D eigenvalue weighted by Crippen LogP contribution is -1.81. The van der Waals surface area contributed by atoms with Crippen LogP contribution in [0.2, 0.25) is 0 Å². The lowest BCUT2D eigenvalue weighted by molar-refractivity contribution is 0.670. The summed E-state index contributed by atoms with van der Waals surface area (Å²) in [6.07, 6.45) is 15.0. The van der Waals surface area contributed by atoms with E-state index >= 15 is 0 Å². The van der Waals surface area contributed by atoms with Gasteiger partial charge >= 0.3 is 0 Å². The molecule has 298 valence electrons. The SMILES string of the molecule is CCCCCCc1ccc(-c2ccc(-c3sc(-c4cc(-c5ccc(CC)cc5)c(-c5ccc(-c6ccc(CCCCCC)s6)s5)s4)cc3-c3ccc(CC)cc3)s2)s1. The van der Waals surface area contributed by atoms with Crippen LogP contribution in [0.15, 0.2) is 109 Å². The smallest absolute Gasteiger partial charge is 0.0528 e. The predicted octanol–water partition coefficient (Wildman–Crippen LogP) is 19.1. The van der Waals surface area contributed by atoms with Gasteiger partial charge < -0.3 is 0 Å². The first-order valence-corrected chi connectivity index (χ1v) is 26.3. The summed E-state index contributed by atoms with van der Waals surface area (Å²) in [5.74, 6) is 0. The van der Waals surface area contributed by atoms with Crippen LogP contribution in [-0.4, -0.2) is 0 Å². The average Bonchev–Trinajstić information content (AvgIpc) is 4.11. The van der Waals surface area contributed by atoms with Gasteiger partial charge in [0.05, 0.1) is 9.75 Å². The predicted molar refractivity (Wildman–Crippen MR) is 266 cm³/mol. The fraction of sp³-hybridized carbons (Fsp3) is 0.308. The van der Waals surface area contributed by atoms with E-state index in [9.17, 15) is 0 Å². The Hall–Kier alpha value is -3.36. The molecule has 0 aliphatic carbocycles. The Labute approximate surface area is 371 Å². The molecule has 6 heterocycles. The number of thiophene rings is 6. The van der Waals surface area contributed by atoms with Gasteiger partial charge in [-0.15, -0.1) is 68.0 Å². The van der Waals surface area contributed by atoms with E-state index in [1.807, 2.05) is 68.0 Å². The molecule has 58 heavy (non-hydrogen) atoms. The van der Waals surface area contributed by atoms with Crippen molar-refractivity contribution in [1.82, 2.24) is 0 Å². The van der Waals surface area contributed by atoms with Crippen LogP contribution in [0.1, 0.15) is 99.9 Å². The van der Waals surface area contributed by atoms with Crippen LogP contribution in [-0.2, 0) is 25.7 Å². The second kappa shape index (κ2) is 19.8. The van der Waals surface area contributed by atoms with Crippen molar-refractivity contribution >= 4 is 68.0 Å². The molecular formula is C52H54S6. The Balaban J connectivity index is 1.15.